The standard InChI is InChI=1S/C12H17NO.C2H6/c1-8(2)12-6-5-11(7-9(3)14)10(4)13-12;1-2/h5-6,8H,7H2,1-4H3;1-2H3. The van der Waals surface area contributed by atoms with E-state index in [0.717, 1.165) is 17.0 Å². The molecule has 0 aliphatic rings. The van der Waals surface area contributed by atoms with Crippen molar-refractivity contribution in [2.75, 3.05) is 0 Å². The van der Waals surface area contributed by atoms with E-state index in [9.17, 15) is 4.79 Å². The summed E-state index contributed by atoms with van der Waals surface area (Å²) in [7, 11) is 0. The predicted molar refractivity (Wildman–Crippen MR) is 68.8 cm³/mol. The lowest BCUT2D eigenvalue weighted by molar-refractivity contribution is -0.116. The fourth-order valence-electron chi connectivity index (χ4n) is 1.39. The van der Waals surface area contributed by atoms with Crippen LogP contribution in [0.3, 0.4) is 0 Å². The van der Waals surface area contributed by atoms with Gasteiger partial charge in [-0.3, -0.25) is 9.78 Å². The van der Waals surface area contributed by atoms with Crippen LogP contribution in [0.4, 0.5) is 0 Å². The lowest BCUT2D eigenvalue weighted by atomic mass is 10.0. The Balaban J connectivity index is 0.00000106. The number of rotatable bonds is 3. The number of nitrogens with zero attached hydrogens (tertiary/aromatic N) is 1. The van der Waals surface area contributed by atoms with Crippen molar-refractivity contribution < 1.29 is 4.79 Å². The fraction of sp³-hybridized carbons (Fsp3) is 0.571. The minimum Gasteiger partial charge on any atom is -0.300 e. The van der Waals surface area contributed by atoms with E-state index in [1.807, 2.05) is 32.9 Å². The Hall–Kier alpha value is -1.18. The first-order valence-electron chi connectivity index (χ1n) is 5.96. The van der Waals surface area contributed by atoms with Crippen molar-refractivity contribution in [2.24, 2.45) is 0 Å². The molecule has 2 nitrogen and oxygen atoms in total. The topological polar surface area (TPSA) is 30.0 Å². The summed E-state index contributed by atoms with van der Waals surface area (Å²) in [6.07, 6.45) is 0.497. The molecule has 0 aromatic carbocycles. The van der Waals surface area contributed by atoms with Gasteiger partial charge in [0.15, 0.2) is 0 Å². The molecule has 90 valence electrons. The third-order valence-corrected chi connectivity index (χ3v) is 2.25. The van der Waals surface area contributed by atoms with Crippen molar-refractivity contribution >= 4 is 5.78 Å². The van der Waals surface area contributed by atoms with Gasteiger partial charge in [0.25, 0.3) is 0 Å². The van der Waals surface area contributed by atoms with Crippen LogP contribution in [0.1, 0.15) is 57.5 Å². The van der Waals surface area contributed by atoms with E-state index in [-0.39, 0.29) is 5.78 Å². The molecule has 0 radical (unpaired) electrons. The zero-order chi connectivity index (χ0) is 12.7. The summed E-state index contributed by atoms with van der Waals surface area (Å²) >= 11 is 0. The van der Waals surface area contributed by atoms with Crippen molar-refractivity contribution in [1.82, 2.24) is 4.98 Å². The van der Waals surface area contributed by atoms with E-state index in [1.165, 1.54) is 0 Å². The molecule has 2 heteroatoms. The molecule has 0 saturated heterocycles. The summed E-state index contributed by atoms with van der Waals surface area (Å²) in [5.41, 5.74) is 3.11. The number of carbonyl (C=O) groups excluding carboxylic acids is 1. The lowest BCUT2D eigenvalue weighted by Gasteiger charge is -2.08. The highest BCUT2D eigenvalue weighted by atomic mass is 16.1. The van der Waals surface area contributed by atoms with Gasteiger partial charge in [0.2, 0.25) is 0 Å². The first kappa shape index (κ1) is 14.8. The number of hydrogen-bond acceptors (Lipinski definition) is 2. The number of carbonyl (C=O) groups is 1. The van der Waals surface area contributed by atoms with Crippen LogP contribution in [0, 0.1) is 6.92 Å². The van der Waals surface area contributed by atoms with Gasteiger partial charge >= 0.3 is 0 Å². The molecular formula is C14H23NO. The van der Waals surface area contributed by atoms with Crippen molar-refractivity contribution in [1.29, 1.82) is 0 Å². The molecule has 1 aromatic rings. The second-order valence-corrected chi connectivity index (χ2v) is 4.01. The predicted octanol–water partition coefficient (Wildman–Crippen LogP) is 3.67. The van der Waals surface area contributed by atoms with E-state index in [2.05, 4.69) is 18.8 Å². The Kier molecular flexibility index (Phi) is 6.63. The maximum absolute atomic E-state index is 11.0. The van der Waals surface area contributed by atoms with Gasteiger partial charge in [-0.25, -0.2) is 0 Å². The molecule has 0 saturated carbocycles. The molecule has 1 heterocycles. The number of pyridine rings is 1. The molecule has 0 aliphatic carbocycles. The van der Waals surface area contributed by atoms with Gasteiger partial charge in [0.05, 0.1) is 0 Å². The van der Waals surface area contributed by atoms with Gasteiger partial charge in [-0.05, 0) is 31.4 Å². The Bertz CT molecular complexity index is 343. The second kappa shape index (κ2) is 7.15. The summed E-state index contributed by atoms with van der Waals surface area (Å²) in [6.45, 7) is 11.8. The Morgan fingerprint density at radius 2 is 1.88 bits per heavy atom. The number of aryl methyl sites for hydroxylation is 1. The first-order valence-corrected chi connectivity index (χ1v) is 5.96. The summed E-state index contributed by atoms with van der Waals surface area (Å²) in [4.78, 5) is 15.4. The average Bonchev–Trinajstić information content (AvgIpc) is 2.23. The number of hydrogen-bond donors (Lipinski definition) is 0. The quantitative estimate of drug-likeness (QED) is 0.779. The maximum Gasteiger partial charge on any atom is 0.134 e. The molecule has 1 aromatic heterocycles. The Labute approximate surface area is 99.1 Å². The van der Waals surface area contributed by atoms with E-state index < -0.39 is 0 Å². The van der Waals surface area contributed by atoms with Crippen molar-refractivity contribution in [3.63, 3.8) is 0 Å². The normalized spacial score (nSPS) is 9.69. The van der Waals surface area contributed by atoms with E-state index >= 15 is 0 Å². The highest BCUT2D eigenvalue weighted by Gasteiger charge is 2.06. The monoisotopic (exact) mass is 221 g/mol. The highest BCUT2D eigenvalue weighted by molar-refractivity contribution is 5.78. The van der Waals surface area contributed by atoms with Gasteiger partial charge in [-0.15, -0.1) is 0 Å². The van der Waals surface area contributed by atoms with Crippen LogP contribution in [-0.4, -0.2) is 10.8 Å². The molecule has 0 atom stereocenters. The molecule has 0 N–H and O–H groups in total. The third-order valence-electron chi connectivity index (χ3n) is 2.25. The summed E-state index contributed by atoms with van der Waals surface area (Å²) < 4.78 is 0. The van der Waals surface area contributed by atoms with E-state index in [0.29, 0.717) is 12.3 Å². The summed E-state index contributed by atoms with van der Waals surface area (Å²) in [6, 6.07) is 4.02. The Morgan fingerprint density at radius 3 is 2.25 bits per heavy atom. The largest absolute Gasteiger partial charge is 0.300 e. The van der Waals surface area contributed by atoms with Crippen LogP contribution in [0.15, 0.2) is 12.1 Å². The number of ketones is 1. The zero-order valence-electron chi connectivity index (χ0n) is 11.3. The average molecular weight is 221 g/mol. The maximum atomic E-state index is 11.0. The molecule has 0 bridgehead atoms. The first-order chi connectivity index (χ1) is 7.50. The molecule has 0 aliphatic heterocycles. The van der Waals surface area contributed by atoms with Crippen LogP contribution in [0.25, 0.3) is 0 Å². The molecule has 0 amide bonds. The van der Waals surface area contributed by atoms with E-state index in [1.54, 1.807) is 6.92 Å². The molecule has 0 unspecified atom stereocenters. The van der Waals surface area contributed by atoms with Crippen LogP contribution < -0.4 is 0 Å². The minimum absolute atomic E-state index is 0.187. The Morgan fingerprint density at radius 1 is 1.31 bits per heavy atom. The molecule has 0 spiro atoms. The van der Waals surface area contributed by atoms with Crippen LogP contribution in [-0.2, 0) is 11.2 Å². The summed E-state index contributed by atoms with van der Waals surface area (Å²) in [5, 5.41) is 0. The van der Waals surface area contributed by atoms with Gasteiger partial charge < -0.3 is 0 Å². The molecule has 0 fully saturated rings. The molecular weight excluding hydrogens is 198 g/mol. The number of aromatic nitrogens is 1. The van der Waals surface area contributed by atoms with Crippen molar-refractivity contribution in [3.05, 3.63) is 29.1 Å². The van der Waals surface area contributed by atoms with Gasteiger partial charge in [-0.1, -0.05) is 33.8 Å². The van der Waals surface area contributed by atoms with Crippen LogP contribution >= 0.6 is 0 Å². The zero-order valence-corrected chi connectivity index (χ0v) is 11.3. The van der Waals surface area contributed by atoms with Crippen molar-refractivity contribution in [2.45, 2.75) is 53.9 Å². The van der Waals surface area contributed by atoms with Gasteiger partial charge in [0.1, 0.15) is 5.78 Å². The van der Waals surface area contributed by atoms with Gasteiger partial charge in [0, 0.05) is 17.8 Å². The third kappa shape index (κ3) is 4.56. The van der Waals surface area contributed by atoms with Crippen LogP contribution in [0.5, 0.6) is 0 Å². The number of Topliss-reactive ketones (excluding diaryl/α,β-unsaturated/α-hetero) is 1. The SMILES string of the molecule is CC.CC(=O)Cc1ccc(C(C)C)nc1C. The smallest absolute Gasteiger partial charge is 0.134 e. The van der Waals surface area contributed by atoms with Crippen molar-refractivity contribution in [3.8, 4) is 0 Å². The summed E-state index contributed by atoms with van der Waals surface area (Å²) in [5.74, 6) is 0.632. The molecule has 16 heavy (non-hydrogen) atoms. The minimum atomic E-state index is 0.187. The van der Waals surface area contributed by atoms with Crippen LogP contribution in [0.2, 0.25) is 0 Å². The van der Waals surface area contributed by atoms with E-state index in [4.69, 9.17) is 0 Å². The molecule has 1 rings (SSSR count). The van der Waals surface area contributed by atoms with Gasteiger partial charge in [-0.2, -0.15) is 0 Å². The highest BCUT2D eigenvalue weighted by Crippen LogP contribution is 2.14. The fourth-order valence-corrected chi connectivity index (χ4v) is 1.39. The lowest BCUT2D eigenvalue weighted by Crippen LogP contribution is -2.03. The second-order valence-electron chi connectivity index (χ2n) is 4.01.